The first-order chi connectivity index (χ1) is 8.78. The summed E-state index contributed by atoms with van der Waals surface area (Å²) in [5, 5.41) is 10.4. The highest BCUT2D eigenvalue weighted by Crippen LogP contribution is 1.90. The van der Waals surface area contributed by atoms with E-state index in [9.17, 15) is 4.79 Å². The van der Waals surface area contributed by atoms with Crippen molar-refractivity contribution in [1.82, 2.24) is 29.9 Å². The van der Waals surface area contributed by atoms with E-state index in [4.69, 9.17) is 5.73 Å². The number of hydrogen-bond donors (Lipinski definition) is 2. The van der Waals surface area contributed by atoms with Gasteiger partial charge in [0.2, 0.25) is 5.91 Å². The van der Waals surface area contributed by atoms with Crippen LogP contribution >= 0.6 is 0 Å². The molecule has 8 nitrogen and oxygen atoms in total. The molecule has 0 aromatic carbocycles. The molecule has 0 fully saturated rings. The Hall–Kier alpha value is -2.22. The zero-order chi connectivity index (χ0) is 12.8. The number of carbonyl (C=O) groups is 1. The number of nitrogens with zero attached hydrogens (tertiary/aromatic N) is 5. The molecule has 0 saturated heterocycles. The molecule has 0 bridgehead atoms. The molecule has 0 unspecified atom stereocenters. The predicted octanol–water partition coefficient (Wildman–Crippen LogP) is -1.25. The van der Waals surface area contributed by atoms with Crippen LogP contribution in [0.15, 0.2) is 24.9 Å². The number of nitrogens with two attached hydrogens (primary N) is 1. The summed E-state index contributed by atoms with van der Waals surface area (Å²) in [7, 11) is 0. The number of hydrogen-bond acceptors (Lipinski definition) is 5. The molecule has 0 radical (unpaired) electrons. The Morgan fingerprint density at radius 1 is 1.50 bits per heavy atom. The Morgan fingerprint density at radius 2 is 2.39 bits per heavy atom. The topological polar surface area (TPSA) is 104 Å². The van der Waals surface area contributed by atoms with Gasteiger partial charge in [-0.25, -0.2) is 9.67 Å². The van der Waals surface area contributed by atoms with Crippen molar-refractivity contribution in [2.24, 2.45) is 5.73 Å². The van der Waals surface area contributed by atoms with Crippen molar-refractivity contribution in [3.63, 3.8) is 0 Å². The molecule has 2 heterocycles. The lowest BCUT2D eigenvalue weighted by Gasteiger charge is -2.05. The van der Waals surface area contributed by atoms with Crippen LogP contribution in [0.3, 0.4) is 0 Å². The first-order valence-electron chi connectivity index (χ1n) is 5.59. The molecule has 0 atom stereocenters. The summed E-state index contributed by atoms with van der Waals surface area (Å²) in [6.07, 6.45) is 6.91. The molecule has 2 aromatic rings. The van der Waals surface area contributed by atoms with Crippen molar-refractivity contribution < 1.29 is 4.79 Å². The summed E-state index contributed by atoms with van der Waals surface area (Å²) in [6.45, 7) is 1.71. The normalized spacial score (nSPS) is 10.5. The molecule has 0 aliphatic carbocycles. The van der Waals surface area contributed by atoms with Crippen molar-refractivity contribution in [1.29, 1.82) is 0 Å². The second kappa shape index (κ2) is 5.92. The van der Waals surface area contributed by atoms with Gasteiger partial charge in [-0.1, -0.05) is 5.21 Å². The van der Waals surface area contributed by atoms with E-state index >= 15 is 0 Å². The lowest BCUT2D eigenvalue weighted by molar-refractivity contribution is -0.121. The Balaban J connectivity index is 1.71. The standard InChI is InChI=1S/C10H15N7O/c11-5-9-6-17(15-14-9)7-10(18)13-2-4-16-3-1-12-8-16/h1,3,6,8H,2,4-5,7,11H2,(H,13,18). The van der Waals surface area contributed by atoms with E-state index in [2.05, 4.69) is 20.6 Å². The fourth-order valence-corrected chi connectivity index (χ4v) is 1.46. The van der Waals surface area contributed by atoms with Gasteiger partial charge in [0.1, 0.15) is 6.54 Å². The Bertz CT molecular complexity index is 490. The smallest absolute Gasteiger partial charge is 0.241 e. The van der Waals surface area contributed by atoms with Gasteiger partial charge in [-0.15, -0.1) is 5.10 Å². The van der Waals surface area contributed by atoms with Gasteiger partial charge in [0.05, 0.1) is 18.2 Å². The van der Waals surface area contributed by atoms with E-state index in [0.29, 0.717) is 25.3 Å². The molecule has 3 N–H and O–H groups in total. The van der Waals surface area contributed by atoms with Crippen LogP contribution in [0, 0.1) is 0 Å². The van der Waals surface area contributed by atoms with E-state index in [1.807, 2.05) is 10.8 Å². The number of nitrogens with one attached hydrogen (secondary N) is 1. The van der Waals surface area contributed by atoms with Crippen molar-refractivity contribution in [2.75, 3.05) is 6.54 Å². The Morgan fingerprint density at radius 3 is 3.06 bits per heavy atom. The van der Waals surface area contributed by atoms with Crippen molar-refractivity contribution in [3.05, 3.63) is 30.6 Å². The van der Waals surface area contributed by atoms with Crippen LogP contribution in [0.2, 0.25) is 0 Å². The molecule has 8 heteroatoms. The second-order valence-electron chi connectivity index (χ2n) is 3.76. The van der Waals surface area contributed by atoms with E-state index in [-0.39, 0.29) is 12.5 Å². The van der Waals surface area contributed by atoms with Crippen LogP contribution in [0.5, 0.6) is 0 Å². The van der Waals surface area contributed by atoms with Gasteiger partial charge >= 0.3 is 0 Å². The second-order valence-corrected chi connectivity index (χ2v) is 3.76. The molecule has 0 aliphatic heterocycles. The number of rotatable bonds is 6. The van der Waals surface area contributed by atoms with Crippen molar-refractivity contribution in [3.8, 4) is 0 Å². The van der Waals surface area contributed by atoms with Crippen LogP contribution in [0.4, 0.5) is 0 Å². The van der Waals surface area contributed by atoms with Crippen LogP contribution < -0.4 is 11.1 Å². The molecule has 2 aromatic heterocycles. The maximum atomic E-state index is 11.6. The van der Waals surface area contributed by atoms with Crippen LogP contribution in [0.25, 0.3) is 0 Å². The first-order valence-corrected chi connectivity index (χ1v) is 5.59. The highest BCUT2D eigenvalue weighted by Gasteiger charge is 2.04. The van der Waals surface area contributed by atoms with Crippen LogP contribution in [-0.2, 0) is 24.4 Å². The van der Waals surface area contributed by atoms with Gasteiger partial charge in [0, 0.05) is 32.0 Å². The van der Waals surface area contributed by atoms with E-state index < -0.39 is 0 Å². The fourth-order valence-electron chi connectivity index (χ4n) is 1.46. The maximum Gasteiger partial charge on any atom is 0.241 e. The maximum absolute atomic E-state index is 11.6. The van der Waals surface area contributed by atoms with E-state index in [1.165, 1.54) is 4.68 Å². The van der Waals surface area contributed by atoms with Gasteiger partial charge in [-0.3, -0.25) is 4.79 Å². The minimum absolute atomic E-state index is 0.108. The molecule has 0 aliphatic rings. The summed E-state index contributed by atoms with van der Waals surface area (Å²) < 4.78 is 3.36. The highest BCUT2D eigenvalue weighted by molar-refractivity contribution is 5.75. The van der Waals surface area contributed by atoms with Gasteiger partial charge < -0.3 is 15.6 Å². The largest absolute Gasteiger partial charge is 0.353 e. The molecular weight excluding hydrogens is 234 g/mol. The molecule has 0 saturated carbocycles. The highest BCUT2D eigenvalue weighted by atomic mass is 16.2. The van der Waals surface area contributed by atoms with Crippen molar-refractivity contribution in [2.45, 2.75) is 19.6 Å². The first kappa shape index (κ1) is 12.2. The minimum atomic E-state index is -0.108. The fraction of sp³-hybridized carbons (Fsp3) is 0.400. The van der Waals surface area contributed by atoms with Gasteiger partial charge in [0.25, 0.3) is 0 Å². The summed E-state index contributed by atoms with van der Waals surface area (Å²) >= 11 is 0. The molecule has 18 heavy (non-hydrogen) atoms. The van der Waals surface area contributed by atoms with Crippen LogP contribution in [0.1, 0.15) is 5.69 Å². The average Bonchev–Trinajstić information content (AvgIpc) is 3.00. The summed E-state index contributed by atoms with van der Waals surface area (Å²) in [6, 6.07) is 0. The Kier molecular flexibility index (Phi) is 4.02. The molecule has 0 spiro atoms. The minimum Gasteiger partial charge on any atom is -0.353 e. The molecular formula is C10H15N7O. The predicted molar refractivity (Wildman–Crippen MR) is 63.2 cm³/mol. The van der Waals surface area contributed by atoms with Gasteiger partial charge in [-0.2, -0.15) is 0 Å². The van der Waals surface area contributed by atoms with Crippen molar-refractivity contribution >= 4 is 5.91 Å². The van der Waals surface area contributed by atoms with E-state index in [0.717, 1.165) is 0 Å². The lowest BCUT2D eigenvalue weighted by Crippen LogP contribution is -2.30. The number of aromatic nitrogens is 5. The van der Waals surface area contributed by atoms with E-state index in [1.54, 1.807) is 18.7 Å². The third-order valence-corrected chi connectivity index (χ3v) is 2.35. The Labute approximate surface area is 104 Å². The zero-order valence-corrected chi connectivity index (χ0v) is 9.86. The molecule has 96 valence electrons. The number of imidazole rings is 1. The quantitative estimate of drug-likeness (QED) is 0.665. The van der Waals surface area contributed by atoms with Gasteiger partial charge in [0.15, 0.2) is 0 Å². The third kappa shape index (κ3) is 3.39. The molecule has 2 rings (SSSR count). The molecule has 1 amide bonds. The zero-order valence-electron chi connectivity index (χ0n) is 9.86. The summed E-state index contributed by atoms with van der Waals surface area (Å²) in [5.41, 5.74) is 6.07. The summed E-state index contributed by atoms with van der Waals surface area (Å²) in [5.74, 6) is -0.108. The number of carbonyl (C=O) groups excluding carboxylic acids is 1. The SMILES string of the molecule is NCc1cn(CC(=O)NCCn2ccnc2)nn1. The van der Waals surface area contributed by atoms with Gasteiger partial charge in [-0.05, 0) is 0 Å². The van der Waals surface area contributed by atoms with Crippen LogP contribution in [-0.4, -0.2) is 37.0 Å². The summed E-state index contributed by atoms with van der Waals surface area (Å²) in [4.78, 5) is 15.5. The average molecular weight is 249 g/mol. The number of amides is 1. The third-order valence-electron chi connectivity index (χ3n) is 2.35. The lowest BCUT2D eigenvalue weighted by atomic mass is 10.5. The monoisotopic (exact) mass is 249 g/mol.